The van der Waals surface area contributed by atoms with Crippen LogP contribution in [-0.4, -0.2) is 55.1 Å². The Kier molecular flexibility index (Phi) is 5.45. The molecule has 0 aliphatic carbocycles. The minimum Gasteiger partial charge on any atom is -0.492 e. The van der Waals surface area contributed by atoms with Crippen molar-refractivity contribution in [2.45, 2.75) is 0 Å². The monoisotopic (exact) mass is 380 g/mol. The Morgan fingerprint density at radius 2 is 1.86 bits per heavy atom. The second-order valence-corrected chi connectivity index (χ2v) is 6.64. The van der Waals surface area contributed by atoms with Gasteiger partial charge in [0.15, 0.2) is 0 Å². The topological polar surface area (TPSA) is 73.0 Å². The van der Waals surface area contributed by atoms with Crippen LogP contribution in [0.25, 0.3) is 10.9 Å². The number of carbonyl (C=O) groups excluding carboxylic acids is 1. The lowest BCUT2D eigenvalue weighted by atomic mass is 10.2. The van der Waals surface area contributed by atoms with Gasteiger partial charge in [-0.3, -0.25) is 9.58 Å². The molecule has 0 unspecified atom stereocenters. The van der Waals surface area contributed by atoms with Crippen LogP contribution in [-0.2, 0) is 4.74 Å². The fourth-order valence-corrected chi connectivity index (χ4v) is 3.46. The number of nitrogens with zero attached hydrogens (tertiary/aromatic N) is 3. The van der Waals surface area contributed by atoms with Crippen LogP contribution < -0.4 is 15.5 Å². The van der Waals surface area contributed by atoms with Gasteiger partial charge in [0.05, 0.1) is 24.4 Å². The van der Waals surface area contributed by atoms with Gasteiger partial charge in [-0.05, 0) is 30.3 Å². The van der Waals surface area contributed by atoms with Gasteiger partial charge in [0.25, 0.3) is 0 Å². The molecule has 3 aromatic rings. The summed E-state index contributed by atoms with van der Waals surface area (Å²) in [6.07, 6.45) is 1.83. The van der Waals surface area contributed by atoms with E-state index in [0.717, 1.165) is 49.5 Å². The van der Waals surface area contributed by atoms with Gasteiger partial charge in [-0.2, -0.15) is 5.01 Å². The van der Waals surface area contributed by atoms with Crippen molar-refractivity contribution in [2.75, 3.05) is 44.5 Å². The molecule has 0 spiro atoms. The maximum Gasteiger partial charge on any atom is 0.338 e. The fourth-order valence-electron chi connectivity index (χ4n) is 3.46. The molecule has 4 rings (SSSR count). The maximum absolute atomic E-state index is 12.2. The van der Waals surface area contributed by atoms with E-state index in [1.165, 1.54) is 5.01 Å². The third-order valence-corrected chi connectivity index (χ3v) is 4.87. The van der Waals surface area contributed by atoms with Gasteiger partial charge in [-0.15, -0.1) is 0 Å². The highest BCUT2D eigenvalue weighted by Gasteiger charge is 2.18. The Labute approximate surface area is 163 Å². The molecule has 1 saturated heterocycles. The summed E-state index contributed by atoms with van der Waals surface area (Å²) in [6.45, 7) is 4.89. The predicted molar refractivity (Wildman–Crippen MR) is 109 cm³/mol. The Morgan fingerprint density at radius 1 is 1.07 bits per heavy atom. The van der Waals surface area contributed by atoms with Crippen LogP contribution in [0.1, 0.15) is 0 Å². The highest BCUT2D eigenvalue weighted by molar-refractivity contribution is 5.94. The number of morpholine rings is 1. The third-order valence-electron chi connectivity index (χ3n) is 4.87. The number of aromatic nitrogens is 1. The number of hydrogen-bond donors (Lipinski definition) is 1. The summed E-state index contributed by atoms with van der Waals surface area (Å²) in [5.74, 6) is 0.794. The molecule has 2 heterocycles. The van der Waals surface area contributed by atoms with E-state index in [-0.39, 0.29) is 0 Å². The van der Waals surface area contributed by atoms with Crippen LogP contribution in [0.4, 0.5) is 10.5 Å². The smallest absolute Gasteiger partial charge is 0.338 e. The highest BCUT2D eigenvalue weighted by Crippen LogP contribution is 2.28. The van der Waals surface area contributed by atoms with E-state index in [9.17, 15) is 4.79 Å². The Hall–Kier alpha value is -3.03. The molecule has 2 amide bonds. The summed E-state index contributed by atoms with van der Waals surface area (Å²) in [6, 6.07) is 16.5. The molecular weight excluding hydrogens is 356 g/mol. The van der Waals surface area contributed by atoms with E-state index in [0.29, 0.717) is 12.3 Å². The van der Waals surface area contributed by atoms with Crippen molar-refractivity contribution < 1.29 is 14.3 Å². The van der Waals surface area contributed by atoms with E-state index < -0.39 is 6.03 Å². The van der Waals surface area contributed by atoms with Gasteiger partial charge in [-0.1, -0.05) is 24.3 Å². The van der Waals surface area contributed by atoms with Crippen molar-refractivity contribution in [1.29, 1.82) is 0 Å². The van der Waals surface area contributed by atoms with Gasteiger partial charge in [0, 0.05) is 31.2 Å². The number of hydrogen-bond acceptors (Lipinski definition) is 4. The minimum atomic E-state index is -0.553. The molecule has 7 heteroatoms. The standard InChI is InChI=1S/C21H24N4O3/c22-21(26)25(17-5-2-1-3-6-17)24-10-9-18-19(24)7-4-8-20(18)28-16-13-23-11-14-27-15-12-23/h1-10H,11-16H2,(H2,22,26). The Bertz CT molecular complexity index is 935. The summed E-state index contributed by atoms with van der Waals surface area (Å²) in [7, 11) is 0. The number of amides is 2. The van der Waals surface area contributed by atoms with Crippen LogP contribution in [0, 0.1) is 0 Å². The van der Waals surface area contributed by atoms with Crippen molar-refractivity contribution in [1.82, 2.24) is 9.58 Å². The second-order valence-electron chi connectivity index (χ2n) is 6.64. The van der Waals surface area contributed by atoms with Gasteiger partial charge >= 0.3 is 6.03 Å². The molecule has 2 N–H and O–H groups in total. The maximum atomic E-state index is 12.2. The molecule has 7 nitrogen and oxygen atoms in total. The number of carbonyl (C=O) groups is 1. The average molecular weight is 380 g/mol. The first-order valence-electron chi connectivity index (χ1n) is 9.42. The minimum absolute atomic E-state index is 0.553. The molecule has 0 atom stereocenters. The number of benzene rings is 2. The van der Waals surface area contributed by atoms with Crippen molar-refractivity contribution in [2.24, 2.45) is 5.73 Å². The van der Waals surface area contributed by atoms with Gasteiger partial charge in [0.2, 0.25) is 0 Å². The number of fused-ring (bicyclic) bond motifs is 1. The summed E-state index contributed by atoms with van der Waals surface area (Å²) < 4.78 is 13.2. The summed E-state index contributed by atoms with van der Waals surface area (Å²) >= 11 is 0. The zero-order valence-electron chi connectivity index (χ0n) is 15.7. The summed E-state index contributed by atoms with van der Waals surface area (Å²) in [4.78, 5) is 14.5. The normalized spacial score (nSPS) is 14.9. The molecule has 0 saturated carbocycles. The molecule has 1 aliphatic heterocycles. The SMILES string of the molecule is NC(=O)N(c1ccccc1)n1ccc2c(OCCN3CCOCC3)cccc21. The summed E-state index contributed by atoms with van der Waals surface area (Å²) in [5, 5.41) is 2.38. The van der Waals surface area contributed by atoms with Crippen LogP contribution in [0.15, 0.2) is 60.8 Å². The van der Waals surface area contributed by atoms with Crippen molar-refractivity contribution in [3.05, 3.63) is 60.8 Å². The third kappa shape index (κ3) is 3.81. The lowest BCUT2D eigenvalue weighted by Crippen LogP contribution is -2.39. The summed E-state index contributed by atoms with van der Waals surface area (Å²) in [5.41, 5.74) is 7.22. The lowest BCUT2D eigenvalue weighted by Gasteiger charge is -2.26. The number of para-hydroxylation sites is 1. The van der Waals surface area contributed by atoms with Crippen molar-refractivity contribution in [3.8, 4) is 5.75 Å². The zero-order chi connectivity index (χ0) is 19.3. The van der Waals surface area contributed by atoms with E-state index in [2.05, 4.69) is 4.90 Å². The first-order valence-corrected chi connectivity index (χ1v) is 9.42. The largest absolute Gasteiger partial charge is 0.492 e. The number of rotatable bonds is 6. The number of anilines is 1. The molecule has 1 aliphatic rings. The van der Waals surface area contributed by atoms with Crippen molar-refractivity contribution in [3.63, 3.8) is 0 Å². The first kappa shape index (κ1) is 18.3. The molecule has 146 valence electrons. The molecule has 0 radical (unpaired) electrons. The Balaban J connectivity index is 1.56. The molecule has 28 heavy (non-hydrogen) atoms. The molecule has 0 bridgehead atoms. The number of ether oxygens (including phenoxy) is 2. The van der Waals surface area contributed by atoms with E-state index in [1.54, 1.807) is 4.68 Å². The van der Waals surface area contributed by atoms with Gasteiger partial charge < -0.3 is 15.2 Å². The van der Waals surface area contributed by atoms with E-state index in [1.807, 2.05) is 60.8 Å². The molecule has 1 aromatic heterocycles. The Morgan fingerprint density at radius 3 is 2.61 bits per heavy atom. The highest BCUT2D eigenvalue weighted by atomic mass is 16.5. The zero-order valence-corrected chi connectivity index (χ0v) is 15.7. The van der Waals surface area contributed by atoms with Crippen LogP contribution in [0.5, 0.6) is 5.75 Å². The molecule has 1 fully saturated rings. The lowest BCUT2D eigenvalue weighted by molar-refractivity contribution is 0.0323. The number of urea groups is 1. The van der Waals surface area contributed by atoms with Crippen LogP contribution in [0.2, 0.25) is 0 Å². The van der Waals surface area contributed by atoms with Crippen LogP contribution >= 0.6 is 0 Å². The predicted octanol–water partition coefficient (Wildman–Crippen LogP) is 2.70. The average Bonchev–Trinajstić information content (AvgIpc) is 3.14. The van der Waals surface area contributed by atoms with Crippen LogP contribution in [0.3, 0.4) is 0 Å². The van der Waals surface area contributed by atoms with Gasteiger partial charge in [-0.25, -0.2) is 4.79 Å². The molecular formula is C21H24N4O3. The number of primary amides is 1. The number of nitrogens with two attached hydrogens (primary N) is 1. The van der Waals surface area contributed by atoms with E-state index >= 15 is 0 Å². The fraction of sp³-hybridized carbons (Fsp3) is 0.286. The van der Waals surface area contributed by atoms with Crippen molar-refractivity contribution >= 4 is 22.6 Å². The van der Waals surface area contributed by atoms with Gasteiger partial charge in [0.1, 0.15) is 12.4 Å². The molecule has 2 aromatic carbocycles. The van der Waals surface area contributed by atoms with E-state index in [4.69, 9.17) is 15.2 Å². The first-order chi connectivity index (χ1) is 13.7. The second kappa shape index (κ2) is 8.33. The quantitative estimate of drug-likeness (QED) is 0.714.